The highest BCUT2D eigenvalue weighted by atomic mass is 16.5. The molecule has 1 amide bonds. The van der Waals surface area contributed by atoms with E-state index < -0.39 is 6.09 Å². The van der Waals surface area contributed by atoms with Crippen LogP contribution in [0.15, 0.2) is 60.7 Å². The number of nitrogens with zero attached hydrogens (tertiary/aromatic N) is 1. The molecule has 25 heavy (non-hydrogen) atoms. The van der Waals surface area contributed by atoms with Gasteiger partial charge in [0, 0.05) is 19.6 Å². The average molecular weight is 340 g/mol. The summed E-state index contributed by atoms with van der Waals surface area (Å²) in [6.07, 6.45) is 0.0684. The second kappa shape index (κ2) is 8.65. The van der Waals surface area contributed by atoms with Gasteiger partial charge in [-0.15, -0.1) is 0 Å². The molecule has 5 heteroatoms. The fraction of sp³-hybridized carbons (Fsp3) is 0.350. The number of hydrogen-bond donors (Lipinski definition) is 2. The van der Waals surface area contributed by atoms with Gasteiger partial charge in [-0.3, -0.25) is 4.90 Å². The number of amides is 1. The van der Waals surface area contributed by atoms with Gasteiger partial charge in [-0.25, -0.2) is 4.79 Å². The van der Waals surface area contributed by atoms with Crippen LogP contribution >= 0.6 is 0 Å². The van der Waals surface area contributed by atoms with E-state index in [-0.39, 0.29) is 18.8 Å². The summed E-state index contributed by atoms with van der Waals surface area (Å²) in [4.78, 5) is 14.4. The maximum atomic E-state index is 12.2. The van der Waals surface area contributed by atoms with Crippen LogP contribution in [-0.4, -0.2) is 41.8 Å². The van der Waals surface area contributed by atoms with Crippen LogP contribution in [0.25, 0.3) is 0 Å². The Bertz CT molecular complexity index is 663. The number of carbonyl (C=O) groups is 1. The first-order valence-electron chi connectivity index (χ1n) is 8.63. The Morgan fingerprint density at radius 1 is 1.16 bits per heavy atom. The molecular formula is C20H24N2O3. The van der Waals surface area contributed by atoms with Crippen molar-refractivity contribution in [2.45, 2.75) is 25.2 Å². The van der Waals surface area contributed by atoms with Crippen molar-refractivity contribution in [2.24, 2.45) is 0 Å². The Morgan fingerprint density at radius 3 is 2.48 bits per heavy atom. The third-order valence-corrected chi connectivity index (χ3v) is 4.40. The highest BCUT2D eigenvalue weighted by Gasteiger charge is 2.25. The fourth-order valence-electron chi connectivity index (χ4n) is 3.06. The van der Waals surface area contributed by atoms with E-state index in [0.29, 0.717) is 13.1 Å². The van der Waals surface area contributed by atoms with Crippen molar-refractivity contribution in [1.29, 1.82) is 0 Å². The number of rotatable bonds is 6. The molecule has 2 unspecified atom stereocenters. The zero-order valence-corrected chi connectivity index (χ0v) is 14.2. The summed E-state index contributed by atoms with van der Waals surface area (Å²) in [5, 5.41) is 12.7. The molecule has 0 aliphatic carbocycles. The SMILES string of the molecule is O=C(NC(CN1CCC(O)C1)c1ccccc1)OCc1ccccc1. The molecule has 0 aromatic heterocycles. The van der Waals surface area contributed by atoms with Crippen LogP contribution < -0.4 is 5.32 Å². The van der Waals surface area contributed by atoms with Gasteiger partial charge in [0.1, 0.15) is 6.61 Å². The highest BCUT2D eigenvalue weighted by Crippen LogP contribution is 2.18. The Kier molecular flexibility index (Phi) is 6.04. The summed E-state index contributed by atoms with van der Waals surface area (Å²) in [6, 6.07) is 19.3. The molecular weight excluding hydrogens is 316 g/mol. The van der Waals surface area contributed by atoms with E-state index in [1.54, 1.807) is 0 Å². The number of benzene rings is 2. The third-order valence-electron chi connectivity index (χ3n) is 4.40. The topological polar surface area (TPSA) is 61.8 Å². The van der Waals surface area contributed by atoms with Gasteiger partial charge in [0.15, 0.2) is 0 Å². The van der Waals surface area contributed by atoms with Crippen LogP contribution in [-0.2, 0) is 11.3 Å². The standard InChI is InChI=1S/C20H24N2O3/c23-18-11-12-22(13-18)14-19(17-9-5-2-6-10-17)21-20(24)25-15-16-7-3-1-4-8-16/h1-10,18-19,23H,11-15H2,(H,21,24). The molecule has 2 aromatic rings. The first-order valence-corrected chi connectivity index (χ1v) is 8.63. The van der Waals surface area contributed by atoms with Gasteiger partial charge in [0.2, 0.25) is 0 Å². The lowest BCUT2D eigenvalue weighted by molar-refractivity contribution is 0.131. The number of likely N-dealkylation sites (tertiary alicyclic amines) is 1. The zero-order valence-electron chi connectivity index (χ0n) is 14.2. The minimum Gasteiger partial charge on any atom is -0.445 e. The van der Waals surface area contributed by atoms with E-state index in [1.165, 1.54) is 0 Å². The van der Waals surface area contributed by atoms with E-state index in [2.05, 4.69) is 10.2 Å². The van der Waals surface area contributed by atoms with Crippen LogP contribution in [0.1, 0.15) is 23.6 Å². The normalized spacial score (nSPS) is 18.7. The van der Waals surface area contributed by atoms with Crippen molar-refractivity contribution in [2.75, 3.05) is 19.6 Å². The van der Waals surface area contributed by atoms with Gasteiger partial charge in [-0.05, 0) is 17.5 Å². The van der Waals surface area contributed by atoms with Gasteiger partial charge >= 0.3 is 6.09 Å². The number of nitrogens with one attached hydrogen (secondary N) is 1. The molecule has 1 aliphatic heterocycles. The first-order chi connectivity index (χ1) is 12.2. The minimum absolute atomic E-state index is 0.172. The zero-order chi connectivity index (χ0) is 17.5. The second-order valence-electron chi connectivity index (χ2n) is 6.37. The average Bonchev–Trinajstić information content (AvgIpc) is 3.06. The van der Waals surface area contributed by atoms with Crippen LogP contribution in [0.2, 0.25) is 0 Å². The van der Waals surface area contributed by atoms with Crippen LogP contribution in [0.5, 0.6) is 0 Å². The van der Waals surface area contributed by atoms with Crippen molar-refractivity contribution in [3.8, 4) is 0 Å². The molecule has 2 N–H and O–H groups in total. The molecule has 5 nitrogen and oxygen atoms in total. The highest BCUT2D eigenvalue weighted by molar-refractivity contribution is 5.68. The molecule has 2 aromatic carbocycles. The number of β-amino-alcohol motifs (C(OH)–C–C–N with tert-alkyl or cyclic N) is 1. The Labute approximate surface area is 148 Å². The lowest BCUT2D eigenvalue weighted by Gasteiger charge is -2.24. The van der Waals surface area contributed by atoms with Crippen molar-refractivity contribution in [3.63, 3.8) is 0 Å². The largest absolute Gasteiger partial charge is 0.445 e. The van der Waals surface area contributed by atoms with Gasteiger partial charge in [-0.1, -0.05) is 60.7 Å². The molecule has 1 aliphatic rings. The van der Waals surface area contributed by atoms with Gasteiger partial charge < -0.3 is 15.2 Å². The predicted molar refractivity (Wildman–Crippen MR) is 96.0 cm³/mol. The molecule has 2 atom stereocenters. The number of carbonyl (C=O) groups excluding carboxylic acids is 1. The second-order valence-corrected chi connectivity index (χ2v) is 6.37. The Hall–Kier alpha value is -2.37. The first kappa shape index (κ1) is 17.5. The number of aliphatic hydroxyl groups is 1. The lowest BCUT2D eigenvalue weighted by atomic mass is 10.1. The number of alkyl carbamates (subject to hydrolysis) is 1. The number of ether oxygens (including phenoxy) is 1. The van der Waals surface area contributed by atoms with E-state index in [1.807, 2.05) is 60.7 Å². The van der Waals surface area contributed by atoms with Crippen LogP contribution in [0, 0.1) is 0 Å². The monoisotopic (exact) mass is 340 g/mol. The molecule has 1 heterocycles. The van der Waals surface area contributed by atoms with E-state index >= 15 is 0 Å². The molecule has 1 fully saturated rings. The molecule has 0 spiro atoms. The Balaban J connectivity index is 1.59. The summed E-state index contributed by atoms with van der Waals surface area (Å²) < 4.78 is 5.35. The van der Waals surface area contributed by atoms with Gasteiger partial charge in [0.25, 0.3) is 0 Å². The van der Waals surface area contributed by atoms with Gasteiger partial charge in [-0.2, -0.15) is 0 Å². The molecule has 132 valence electrons. The maximum absolute atomic E-state index is 12.2. The smallest absolute Gasteiger partial charge is 0.407 e. The molecule has 3 rings (SSSR count). The van der Waals surface area contributed by atoms with Crippen molar-refractivity contribution in [1.82, 2.24) is 10.2 Å². The maximum Gasteiger partial charge on any atom is 0.407 e. The van der Waals surface area contributed by atoms with Crippen molar-refractivity contribution < 1.29 is 14.6 Å². The van der Waals surface area contributed by atoms with Crippen molar-refractivity contribution in [3.05, 3.63) is 71.8 Å². The van der Waals surface area contributed by atoms with Crippen LogP contribution in [0.4, 0.5) is 4.79 Å². The fourth-order valence-corrected chi connectivity index (χ4v) is 3.06. The van der Waals surface area contributed by atoms with E-state index in [4.69, 9.17) is 4.74 Å². The summed E-state index contributed by atoms with van der Waals surface area (Å²) in [5.74, 6) is 0. The molecule has 1 saturated heterocycles. The minimum atomic E-state index is -0.433. The number of aliphatic hydroxyl groups excluding tert-OH is 1. The molecule has 0 saturated carbocycles. The molecule has 0 radical (unpaired) electrons. The quantitative estimate of drug-likeness (QED) is 0.849. The summed E-state index contributed by atoms with van der Waals surface area (Å²) in [6.45, 7) is 2.38. The summed E-state index contributed by atoms with van der Waals surface area (Å²) >= 11 is 0. The van der Waals surface area contributed by atoms with Gasteiger partial charge in [0.05, 0.1) is 12.1 Å². The summed E-state index contributed by atoms with van der Waals surface area (Å²) in [5.41, 5.74) is 1.98. The lowest BCUT2D eigenvalue weighted by Crippen LogP contribution is -2.37. The number of hydrogen-bond acceptors (Lipinski definition) is 4. The Morgan fingerprint density at radius 2 is 1.84 bits per heavy atom. The summed E-state index contributed by atoms with van der Waals surface area (Å²) in [7, 11) is 0. The van der Waals surface area contributed by atoms with Crippen LogP contribution in [0.3, 0.4) is 0 Å². The van der Waals surface area contributed by atoms with E-state index in [0.717, 1.165) is 24.1 Å². The van der Waals surface area contributed by atoms with E-state index in [9.17, 15) is 9.90 Å². The van der Waals surface area contributed by atoms with Crippen molar-refractivity contribution >= 4 is 6.09 Å². The third kappa shape index (κ3) is 5.31. The predicted octanol–water partition coefficient (Wildman–Crippen LogP) is 2.72. The molecule has 0 bridgehead atoms.